The molecule has 0 spiro atoms. The fourth-order valence-electron chi connectivity index (χ4n) is 2.62. The van der Waals surface area contributed by atoms with Crippen LogP contribution in [0.25, 0.3) is 0 Å². The Morgan fingerprint density at radius 2 is 2.29 bits per heavy atom. The third-order valence-corrected chi connectivity index (χ3v) is 4.34. The lowest BCUT2D eigenvalue weighted by Gasteiger charge is -2.33. The molecule has 21 heavy (non-hydrogen) atoms. The summed E-state index contributed by atoms with van der Waals surface area (Å²) in [5.41, 5.74) is 0.548. The number of aromatic nitrogens is 1. The first kappa shape index (κ1) is 16.4. The van der Waals surface area contributed by atoms with E-state index in [1.54, 1.807) is 11.3 Å². The topological polar surface area (TPSA) is 54.5 Å². The first-order valence-electron chi connectivity index (χ1n) is 7.52. The number of nitrogens with zero attached hydrogens (tertiary/aromatic N) is 2. The molecule has 0 aliphatic carbocycles. The van der Waals surface area contributed by atoms with E-state index < -0.39 is 0 Å². The van der Waals surface area contributed by atoms with Gasteiger partial charge in [-0.2, -0.15) is 0 Å². The maximum absolute atomic E-state index is 12.1. The van der Waals surface area contributed by atoms with Crippen molar-refractivity contribution < 1.29 is 9.53 Å². The molecule has 1 saturated heterocycles. The zero-order valence-corrected chi connectivity index (χ0v) is 14.1. The second-order valence-electron chi connectivity index (χ2n) is 5.99. The molecule has 1 unspecified atom stereocenters. The molecular weight excluding hydrogens is 286 g/mol. The molecule has 2 heterocycles. The Hall–Kier alpha value is -0.980. The zero-order valence-electron chi connectivity index (χ0n) is 13.3. The number of hydrogen-bond donors (Lipinski definition) is 1. The van der Waals surface area contributed by atoms with Crippen LogP contribution >= 0.6 is 11.3 Å². The van der Waals surface area contributed by atoms with Crippen molar-refractivity contribution in [1.29, 1.82) is 0 Å². The van der Waals surface area contributed by atoms with Gasteiger partial charge in [0, 0.05) is 31.1 Å². The number of carbonyl (C=O) groups is 1. The molecule has 1 fully saturated rings. The normalized spacial score (nSPS) is 20.0. The van der Waals surface area contributed by atoms with Gasteiger partial charge in [-0.1, -0.05) is 13.8 Å². The third kappa shape index (κ3) is 4.76. The van der Waals surface area contributed by atoms with Gasteiger partial charge >= 0.3 is 0 Å². The minimum absolute atomic E-state index is 0.0708. The Morgan fingerprint density at radius 1 is 1.52 bits per heavy atom. The van der Waals surface area contributed by atoms with Crippen molar-refractivity contribution in [1.82, 2.24) is 15.2 Å². The van der Waals surface area contributed by atoms with Crippen LogP contribution in [0, 0.1) is 19.8 Å². The van der Waals surface area contributed by atoms with E-state index in [9.17, 15) is 4.79 Å². The minimum Gasteiger partial charge on any atom is -0.374 e. The average molecular weight is 311 g/mol. The number of nitrogens with one attached hydrogen (secondary N) is 1. The van der Waals surface area contributed by atoms with Gasteiger partial charge in [0.15, 0.2) is 0 Å². The second kappa shape index (κ2) is 7.33. The SMILES string of the molecule is Cc1nc(C(=O)NCC2CN(CC(C)C)CCO2)c(C)s1. The van der Waals surface area contributed by atoms with Crippen LogP contribution in [-0.4, -0.2) is 54.7 Å². The second-order valence-corrected chi connectivity index (χ2v) is 7.40. The van der Waals surface area contributed by atoms with Crippen molar-refractivity contribution in [3.8, 4) is 0 Å². The summed E-state index contributed by atoms with van der Waals surface area (Å²) in [5.74, 6) is 0.556. The average Bonchev–Trinajstić information content (AvgIpc) is 2.75. The maximum Gasteiger partial charge on any atom is 0.271 e. The van der Waals surface area contributed by atoms with Crippen LogP contribution in [0.1, 0.15) is 34.2 Å². The van der Waals surface area contributed by atoms with Crippen molar-refractivity contribution in [2.24, 2.45) is 5.92 Å². The fourth-order valence-corrected chi connectivity index (χ4v) is 3.43. The lowest BCUT2D eigenvalue weighted by atomic mass is 10.2. The highest BCUT2D eigenvalue weighted by molar-refractivity contribution is 7.11. The zero-order chi connectivity index (χ0) is 15.4. The quantitative estimate of drug-likeness (QED) is 0.901. The van der Waals surface area contributed by atoms with Gasteiger partial charge < -0.3 is 10.1 Å². The molecule has 1 aliphatic rings. The van der Waals surface area contributed by atoms with Crippen LogP contribution in [-0.2, 0) is 4.74 Å². The molecule has 1 amide bonds. The van der Waals surface area contributed by atoms with Crippen LogP contribution in [0.3, 0.4) is 0 Å². The van der Waals surface area contributed by atoms with Crippen molar-refractivity contribution in [2.75, 3.05) is 32.8 Å². The van der Waals surface area contributed by atoms with Crippen LogP contribution in [0.2, 0.25) is 0 Å². The lowest BCUT2D eigenvalue weighted by Crippen LogP contribution is -2.48. The van der Waals surface area contributed by atoms with Gasteiger partial charge in [-0.05, 0) is 19.8 Å². The summed E-state index contributed by atoms with van der Waals surface area (Å²) in [7, 11) is 0. The first-order valence-corrected chi connectivity index (χ1v) is 8.33. The van der Waals surface area contributed by atoms with E-state index in [1.165, 1.54) is 0 Å². The molecule has 1 aromatic heterocycles. The van der Waals surface area contributed by atoms with Gasteiger partial charge in [-0.15, -0.1) is 11.3 Å². The van der Waals surface area contributed by atoms with E-state index >= 15 is 0 Å². The number of thiazole rings is 1. The van der Waals surface area contributed by atoms with Crippen LogP contribution in [0.15, 0.2) is 0 Å². The summed E-state index contributed by atoms with van der Waals surface area (Å²) >= 11 is 1.55. The van der Waals surface area contributed by atoms with Crippen molar-refractivity contribution in [3.63, 3.8) is 0 Å². The standard InChI is InChI=1S/C15H25N3O2S/c1-10(2)8-18-5-6-20-13(9-18)7-16-15(19)14-11(3)21-12(4)17-14/h10,13H,5-9H2,1-4H3,(H,16,19). The number of amides is 1. The molecule has 1 N–H and O–H groups in total. The van der Waals surface area contributed by atoms with Gasteiger partial charge in [0.1, 0.15) is 5.69 Å². The number of carbonyl (C=O) groups excluding carboxylic acids is 1. The lowest BCUT2D eigenvalue weighted by molar-refractivity contribution is -0.0295. The molecule has 1 aliphatic heterocycles. The predicted molar refractivity (Wildman–Crippen MR) is 84.9 cm³/mol. The minimum atomic E-state index is -0.0959. The van der Waals surface area contributed by atoms with E-state index in [4.69, 9.17) is 4.74 Å². The van der Waals surface area contributed by atoms with Gasteiger partial charge in [0.05, 0.1) is 17.7 Å². The van der Waals surface area contributed by atoms with Crippen LogP contribution in [0.4, 0.5) is 0 Å². The molecular formula is C15H25N3O2S. The Labute approximate surface area is 130 Å². The van der Waals surface area contributed by atoms with Gasteiger partial charge in [-0.3, -0.25) is 9.69 Å². The summed E-state index contributed by atoms with van der Waals surface area (Å²) in [4.78, 5) is 19.8. The van der Waals surface area contributed by atoms with Crippen LogP contribution in [0.5, 0.6) is 0 Å². The number of ether oxygens (including phenoxy) is 1. The number of morpholine rings is 1. The van der Waals surface area contributed by atoms with E-state index in [-0.39, 0.29) is 12.0 Å². The molecule has 0 aromatic carbocycles. The molecule has 6 heteroatoms. The van der Waals surface area contributed by atoms with E-state index in [0.717, 1.165) is 36.1 Å². The van der Waals surface area contributed by atoms with Crippen molar-refractivity contribution in [3.05, 3.63) is 15.6 Å². The maximum atomic E-state index is 12.1. The highest BCUT2D eigenvalue weighted by Crippen LogP contribution is 2.16. The number of rotatable bonds is 5. The predicted octanol–water partition coefficient (Wildman–Crippen LogP) is 1.85. The van der Waals surface area contributed by atoms with E-state index in [0.29, 0.717) is 18.2 Å². The van der Waals surface area contributed by atoms with Gasteiger partial charge in [0.25, 0.3) is 5.91 Å². The first-order chi connectivity index (χ1) is 9.95. The van der Waals surface area contributed by atoms with E-state index in [1.807, 2.05) is 13.8 Å². The van der Waals surface area contributed by atoms with Gasteiger partial charge in [0.2, 0.25) is 0 Å². The molecule has 1 atom stereocenters. The molecule has 0 radical (unpaired) electrons. The fraction of sp³-hybridized carbons (Fsp3) is 0.733. The molecule has 0 bridgehead atoms. The Morgan fingerprint density at radius 3 is 2.90 bits per heavy atom. The summed E-state index contributed by atoms with van der Waals surface area (Å²) in [5, 5.41) is 3.88. The number of aryl methyl sites for hydroxylation is 2. The third-order valence-electron chi connectivity index (χ3n) is 3.46. The van der Waals surface area contributed by atoms with Crippen molar-refractivity contribution >= 4 is 17.2 Å². The molecule has 1 aromatic rings. The highest BCUT2D eigenvalue weighted by Gasteiger charge is 2.22. The Kier molecular flexibility index (Phi) is 5.72. The largest absolute Gasteiger partial charge is 0.374 e. The Bertz CT molecular complexity index is 487. The number of hydrogen-bond acceptors (Lipinski definition) is 5. The molecule has 0 saturated carbocycles. The summed E-state index contributed by atoms with van der Waals surface area (Å²) in [6.07, 6.45) is 0.0708. The monoisotopic (exact) mass is 311 g/mol. The summed E-state index contributed by atoms with van der Waals surface area (Å²) in [6.45, 7) is 12.5. The summed E-state index contributed by atoms with van der Waals surface area (Å²) in [6, 6.07) is 0. The van der Waals surface area contributed by atoms with Crippen LogP contribution < -0.4 is 5.32 Å². The molecule has 5 nitrogen and oxygen atoms in total. The Balaban J connectivity index is 1.82. The molecule has 2 rings (SSSR count). The van der Waals surface area contributed by atoms with Gasteiger partial charge in [-0.25, -0.2) is 4.98 Å². The molecule has 118 valence electrons. The van der Waals surface area contributed by atoms with E-state index in [2.05, 4.69) is 29.0 Å². The smallest absolute Gasteiger partial charge is 0.271 e. The van der Waals surface area contributed by atoms with Crippen molar-refractivity contribution in [2.45, 2.75) is 33.8 Å². The summed E-state index contributed by atoms with van der Waals surface area (Å²) < 4.78 is 5.74. The highest BCUT2D eigenvalue weighted by atomic mass is 32.1.